The van der Waals surface area contributed by atoms with Crippen molar-refractivity contribution in [3.63, 3.8) is 0 Å². The Morgan fingerprint density at radius 3 is 2.43 bits per heavy atom. The lowest BCUT2D eigenvalue weighted by Gasteiger charge is -2.11. The third kappa shape index (κ3) is 4.29. The summed E-state index contributed by atoms with van der Waals surface area (Å²) in [6, 6.07) is 6.49. The van der Waals surface area contributed by atoms with E-state index >= 15 is 0 Å². The van der Waals surface area contributed by atoms with Crippen LogP contribution >= 0.6 is 22.9 Å². The van der Waals surface area contributed by atoms with E-state index in [9.17, 15) is 8.42 Å². The van der Waals surface area contributed by atoms with Crippen molar-refractivity contribution in [1.29, 1.82) is 0 Å². The second-order valence-corrected chi connectivity index (χ2v) is 8.05. The number of nitrogens with zero attached hydrogens (tertiary/aromatic N) is 2. The van der Waals surface area contributed by atoms with Crippen LogP contribution in [0.25, 0.3) is 0 Å². The van der Waals surface area contributed by atoms with E-state index in [0.29, 0.717) is 10.2 Å². The minimum atomic E-state index is -3.67. The van der Waals surface area contributed by atoms with Crippen LogP contribution in [-0.2, 0) is 10.0 Å². The van der Waals surface area contributed by atoms with Gasteiger partial charge in [-0.15, -0.1) is 21.5 Å². The summed E-state index contributed by atoms with van der Waals surface area (Å²) < 4.78 is 27.1. The van der Waals surface area contributed by atoms with Crippen LogP contribution in [0, 0.1) is 0 Å². The number of nitrogens with one attached hydrogen (secondary N) is 2. The lowest BCUT2D eigenvalue weighted by molar-refractivity contribution is 0.603. The molecule has 0 aliphatic heterocycles. The van der Waals surface area contributed by atoms with Crippen LogP contribution in [0.4, 0.5) is 11.6 Å². The van der Waals surface area contributed by atoms with Crippen LogP contribution < -0.4 is 10.0 Å². The van der Waals surface area contributed by atoms with Crippen LogP contribution in [0.1, 0.15) is 20.3 Å². The molecule has 1 unspecified atom stereocenters. The van der Waals surface area contributed by atoms with Gasteiger partial charge < -0.3 is 5.32 Å². The molecule has 0 bridgehead atoms. The summed E-state index contributed by atoms with van der Waals surface area (Å²) in [5, 5.41) is 10.9. The highest BCUT2D eigenvalue weighted by atomic mass is 35.5. The molecule has 2 aromatic heterocycles. The highest BCUT2D eigenvalue weighted by Crippen LogP contribution is 2.26. The lowest BCUT2D eigenvalue weighted by Crippen LogP contribution is -2.16. The first-order chi connectivity index (χ1) is 9.90. The molecule has 6 nitrogen and oxygen atoms in total. The van der Waals surface area contributed by atoms with E-state index in [-0.39, 0.29) is 16.1 Å². The molecular formula is C12H15ClN4O2S2. The van der Waals surface area contributed by atoms with Crippen molar-refractivity contribution in [3.8, 4) is 0 Å². The van der Waals surface area contributed by atoms with Crippen LogP contribution in [-0.4, -0.2) is 24.7 Å². The molecule has 2 aromatic rings. The van der Waals surface area contributed by atoms with Crippen molar-refractivity contribution < 1.29 is 8.42 Å². The minimum Gasteiger partial charge on any atom is -0.366 e. The summed E-state index contributed by atoms with van der Waals surface area (Å²) in [4.78, 5) is 0. The van der Waals surface area contributed by atoms with E-state index in [1.807, 2.05) is 6.92 Å². The van der Waals surface area contributed by atoms with Gasteiger partial charge in [-0.3, -0.25) is 4.72 Å². The highest BCUT2D eigenvalue weighted by molar-refractivity contribution is 7.94. The summed E-state index contributed by atoms with van der Waals surface area (Å²) >= 11 is 6.73. The molecule has 0 spiro atoms. The Balaban J connectivity index is 2.09. The molecule has 114 valence electrons. The van der Waals surface area contributed by atoms with Gasteiger partial charge in [0.25, 0.3) is 10.0 Å². The summed E-state index contributed by atoms with van der Waals surface area (Å²) in [6.07, 6.45) is 0.954. The van der Waals surface area contributed by atoms with Crippen LogP contribution in [0.5, 0.6) is 0 Å². The zero-order valence-corrected chi connectivity index (χ0v) is 13.9. The molecule has 2 heterocycles. The molecule has 2 rings (SSSR count). The predicted octanol–water partition coefficient (Wildman–Crippen LogP) is 3.20. The van der Waals surface area contributed by atoms with Gasteiger partial charge in [-0.1, -0.05) is 18.5 Å². The van der Waals surface area contributed by atoms with Crippen molar-refractivity contribution >= 4 is 44.6 Å². The lowest BCUT2D eigenvalue weighted by atomic mass is 10.2. The second-order valence-electron chi connectivity index (χ2n) is 4.42. The van der Waals surface area contributed by atoms with E-state index < -0.39 is 10.0 Å². The fourth-order valence-corrected chi connectivity index (χ4v) is 3.93. The maximum Gasteiger partial charge on any atom is 0.272 e. The zero-order chi connectivity index (χ0) is 15.5. The highest BCUT2D eigenvalue weighted by Gasteiger charge is 2.17. The summed E-state index contributed by atoms with van der Waals surface area (Å²) in [6.45, 7) is 4.08. The maximum absolute atomic E-state index is 12.1. The number of anilines is 2. The molecule has 1 atom stereocenters. The van der Waals surface area contributed by atoms with Crippen molar-refractivity contribution in [1.82, 2.24) is 10.2 Å². The molecule has 0 aliphatic carbocycles. The normalized spacial score (nSPS) is 12.9. The number of halogens is 1. The Kier molecular flexibility index (Phi) is 5.02. The third-order valence-electron chi connectivity index (χ3n) is 2.72. The summed E-state index contributed by atoms with van der Waals surface area (Å²) in [7, 11) is -3.67. The number of rotatable bonds is 6. The number of sulfonamides is 1. The van der Waals surface area contributed by atoms with Crippen molar-refractivity contribution in [2.45, 2.75) is 30.5 Å². The number of hydrogen-bond donors (Lipinski definition) is 2. The first kappa shape index (κ1) is 16.0. The molecule has 0 saturated carbocycles. The average Bonchev–Trinajstić information content (AvgIpc) is 2.88. The molecule has 9 heteroatoms. The second kappa shape index (κ2) is 6.59. The average molecular weight is 347 g/mol. The Labute approximate surface area is 132 Å². The van der Waals surface area contributed by atoms with E-state index in [4.69, 9.17) is 11.6 Å². The maximum atomic E-state index is 12.1. The van der Waals surface area contributed by atoms with Gasteiger partial charge in [0.1, 0.15) is 10.0 Å². The molecule has 0 radical (unpaired) electrons. The largest absolute Gasteiger partial charge is 0.366 e. The zero-order valence-electron chi connectivity index (χ0n) is 11.5. The van der Waals surface area contributed by atoms with Gasteiger partial charge in [0.05, 0.1) is 4.34 Å². The van der Waals surface area contributed by atoms with E-state index in [1.54, 1.807) is 12.1 Å². The monoisotopic (exact) mass is 346 g/mol. The summed E-state index contributed by atoms with van der Waals surface area (Å²) in [5.74, 6) is 0.765. The molecule has 0 fully saturated rings. The number of aromatic nitrogens is 2. The Hall–Kier alpha value is -1.38. The SMILES string of the molecule is CCC(C)Nc1ccc(NS(=O)(=O)c2ccc(Cl)s2)nn1. The smallest absolute Gasteiger partial charge is 0.272 e. The molecular weight excluding hydrogens is 332 g/mol. The predicted molar refractivity (Wildman–Crippen MR) is 85.5 cm³/mol. The molecule has 0 saturated heterocycles. The van der Waals surface area contributed by atoms with Gasteiger partial charge in [-0.25, -0.2) is 8.42 Å². The van der Waals surface area contributed by atoms with E-state index in [1.165, 1.54) is 12.1 Å². The quantitative estimate of drug-likeness (QED) is 0.839. The Morgan fingerprint density at radius 2 is 1.90 bits per heavy atom. The number of thiophene rings is 1. The van der Waals surface area contributed by atoms with Gasteiger partial charge in [-0.2, -0.15) is 0 Å². The van der Waals surface area contributed by atoms with Gasteiger partial charge in [0, 0.05) is 6.04 Å². The third-order valence-corrected chi connectivity index (χ3v) is 5.80. The van der Waals surface area contributed by atoms with Crippen LogP contribution in [0.3, 0.4) is 0 Å². The molecule has 0 amide bonds. The fraction of sp³-hybridized carbons (Fsp3) is 0.333. The van der Waals surface area contributed by atoms with Gasteiger partial charge in [0.2, 0.25) is 0 Å². The van der Waals surface area contributed by atoms with Gasteiger partial charge >= 0.3 is 0 Å². The number of hydrogen-bond acceptors (Lipinski definition) is 6. The molecule has 2 N–H and O–H groups in total. The first-order valence-electron chi connectivity index (χ1n) is 6.29. The molecule has 0 aromatic carbocycles. The Bertz CT molecular complexity index is 700. The van der Waals surface area contributed by atoms with Crippen LogP contribution in [0.2, 0.25) is 4.34 Å². The van der Waals surface area contributed by atoms with Crippen LogP contribution in [0.15, 0.2) is 28.5 Å². The van der Waals surface area contributed by atoms with Crippen molar-refractivity contribution in [2.24, 2.45) is 0 Å². The van der Waals surface area contributed by atoms with E-state index in [0.717, 1.165) is 17.8 Å². The standard InChI is InChI=1S/C12H15ClN4O2S2/c1-3-8(2)14-10-5-6-11(16-15-10)17-21(18,19)12-7-4-9(13)20-12/h4-8H,3H2,1-2H3,(H,14,15)(H,16,17). The first-order valence-corrected chi connectivity index (χ1v) is 8.97. The minimum absolute atomic E-state index is 0.135. The topological polar surface area (TPSA) is 84.0 Å². The summed E-state index contributed by atoms with van der Waals surface area (Å²) in [5.41, 5.74) is 0. The molecule has 21 heavy (non-hydrogen) atoms. The van der Waals surface area contributed by atoms with E-state index in [2.05, 4.69) is 27.2 Å². The van der Waals surface area contributed by atoms with Gasteiger partial charge in [-0.05, 0) is 37.6 Å². The van der Waals surface area contributed by atoms with Crippen molar-refractivity contribution in [2.75, 3.05) is 10.0 Å². The molecule has 0 aliphatic rings. The van der Waals surface area contributed by atoms with Gasteiger partial charge in [0.15, 0.2) is 5.82 Å². The Morgan fingerprint density at radius 1 is 1.24 bits per heavy atom. The van der Waals surface area contributed by atoms with Crippen molar-refractivity contribution in [3.05, 3.63) is 28.6 Å². The fourth-order valence-electron chi connectivity index (χ4n) is 1.45.